The van der Waals surface area contributed by atoms with Crippen LogP contribution < -0.4 is 10.5 Å². The van der Waals surface area contributed by atoms with Gasteiger partial charge in [0.05, 0.1) is 6.61 Å². The molecule has 2 N–H and O–H groups in total. The van der Waals surface area contributed by atoms with E-state index in [4.69, 9.17) is 10.5 Å². The molecular weight excluding hydrogens is 181 g/mol. The fourth-order valence-electron chi connectivity index (χ4n) is 1.78. The van der Waals surface area contributed by atoms with Crippen LogP contribution >= 0.6 is 0 Å². The standard InChI is InChI=1S/C11H14FNO/c12-10(6-13)9-5-8-3-1-2-4-11(8)14-7-9/h1-4,9-10H,5-7,13H2. The molecule has 1 aromatic rings. The van der Waals surface area contributed by atoms with Gasteiger partial charge in [0.15, 0.2) is 0 Å². The van der Waals surface area contributed by atoms with Gasteiger partial charge in [-0.05, 0) is 18.1 Å². The predicted octanol–water partition coefficient (Wildman–Crippen LogP) is 1.53. The molecule has 0 fully saturated rings. The number of hydrogen-bond acceptors (Lipinski definition) is 2. The Hall–Kier alpha value is -1.09. The van der Waals surface area contributed by atoms with E-state index in [1.807, 2.05) is 24.3 Å². The minimum Gasteiger partial charge on any atom is -0.493 e. The second-order valence-corrected chi connectivity index (χ2v) is 3.63. The number of halogens is 1. The van der Waals surface area contributed by atoms with E-state index in [0.717, 1.165) is 17.7 Å². The number of alkyl halides is 1. The zero-order valence-electron chi connectivity index (χ0n) is 7.95. The third kappa shape index (κ3) is 1.73. The van der Waals surface area contributed by atoms with Crippen molar-refractivity contribution in [2.75, 3.05) is 13.2 Å². The summed E-state index contributed by atoms with van der Waals surface area (Å²) < 4.78 is 18.8. The van der Waals surface area contributed by atoms with E-state index in [0.29, 0.717) is 6.61 Å². The van der Waals surface area contributed by atoms with Gasteiger partial charge in [-0.2, -0.15) is 0 Å². The van der Waals surface area contributed by atoms with Crippen LogP contribution in [0.15, 0.2) is 24.3 Å². The Kier molecular flexibility index (Phi) is 2.68. The zero-order valence-corrected chi connectivity index (χ0v) is 7.95. The number of benzene rings is 1. The van der Waals surface area contributed by atoms with Gasteiger partial charge < -0.3 is 10.5 Å². The van der Waals surface area contributed by atoms with Crippen LogP contribution in [0.3, 0.4) is 0 Å². The molecule has 0 spiro atoms. The summed E-state index contributed by atoms with van der Waals surface area (Å²) in [6, 6.07) is 7.77. The summed E-state index contributed by atoms with van der Waals surface area (Å²) in [5.74, 6) is 0.794. The van der Waals surface area contributed by atoms with Crippen molar-refractivity contribution in [1.82, 2.24) is 0 Å². The summed E-state index contributed by atoms with van der Waals surface area (Å²) in [5.41, 5.74) is 6.38. The number of nitrogens with two attached hydrogens (primary N) is 1. The second kappa shape index (κ2) is 3.96. The van der Waals surface area contributed by atoms with Gasteiger partial charge in [-0.15, -0.1) is 0 Å². The van der Waals surface area contributed by atoms with Crippen LogP contribution in [-0.2, 0) is 6.42 Å². The Bertz CT molecular complexity index is 316. The van der Waals surface area contributed by atoms with Crippen molar-refractivity contribution in [2.45, 2.75) is 12.6 Å². The van der Waals surface area contributed by atoms with E-state index < -0.39 is 6.17 Å². The highest BCUT2D eigenvalue weighted by Crippen LogP contribution is 2.28. The summed E-state index contributed by atoms with van der Waals surface area (Å²) >= 11 is 0. The Labute approximate surface area is 82.9 Å². The van der Waals surface area contributed by atoms with Gasteiger partial charge in [-0.3, -0.25) is 0 Å². The molecule has 14 heavy (non-hydrogen) atoms. The maximum absolute atomic E-state index is 13.3. The number of fused-ring (bicyclic) bond motifs is 1. The van der Waals surface area contributed by atoms with Gasteiger partial charge in [0.2, 0.25) is 0 Å². The van der Waals surface area contributed by atoms with Crippen molar-refractivity contribution in [2.24, 2.45) is 11.7 Å². The number of rotatable bonds is 2. The highest BCUT2D eigenvalue weighted by Gasteiger charge is 2.26. The third-order valence-corrected chi connectivity index (χ3v) is 2.64. The van der Waals surface area contributed by atoms with E-state index in [9.17, 15) is 4.39 Å². The molecule has 2 unspecified atom stereocenters. The lowest BCUT2D eigenvalue weighted by Crippen LogP contribution is -2.33. The molecule has 1 aliphatic rings. The van der Waals surface area contributed by atoms with E-state index in [-0.39, 0.29) is 12.5 Å². The van der Waals surface area contributed by atoms with Crippen molar-refractivity contribution >= 4 is 0 Å². The maximum Gasteiger partial charge on any atom is 0.122 e. The minimum absolute atomic E-state index is 0.0796. The van der Waals surface area contributed by atoms with Crippen molar-refractivity contribution in [3.05, 3.63) is 29.8 Å². The van der Waals surface area contributed by atoms with Crippen LogP contribution in [0, 0.1) is 5.92 Å². The van der Waals surface area contributed by atoms with Crippen LogP contribution in [-0.4, -0.2) is 19.3 Å². The molecule has 3 heteroatoms. The second-order valence-electron chi connectivity index (χ2n) is 3.63. The third-order valence-electron chi connectivity index (χ3n) is 2.64. The van der Waals surface area contributed by atoms with E-state index in [1.54, 1.807) is 0 Å². The van der Waals surface area contributed by atoms with Crippen LogP contribution in [0.2, 0.25) is 0 Å². The SMILES string of the molecule is NCC(F)C1COc2ccccc2C1. The van der Waals surface area contributed by atoms with E-state index in [1.165, 1.54) is 0 Å². The first kappa shape index (κ1) is 9.46. The van der Waals surface area contributed by atoms with Gasteiger partial charge in [0.1, 0.15) is 11.9 Å². The molecule has 2 nitrogen and oxygen atoms in total. The fraction of sp³-hybridized carbons (Fsp3) is 0.455. The molecule has 1 heterocycles. The van der Waals surface area contributed by atoms with Gasteiger partial charge in [0.25, 0.3) is 0 Å². The van der Waals surface area contributed by atoms with Crippen molar-refractivity contribution in [3.8, 4) is 5.75 Å². The Morgan fingerprint density at radius 1 is 1.50 bits per heavy atom. The lowest BCUT2D eigenvalue weighted by atomic mass is 9.93. The Morgan fingerprint density at radius 2 is 2.29 bits per heavy atom. The average Bonchev–Trinajstić information content (AvgIpc) is 2.27. The fourth-order valence-corrected chi connectivity index (χ4v) is 1.78. The molecule has 0 aliphatic carbocycles. The highest BCUT2D eigenvalue weighted by molar-refractivity contribution is 5.35. The molecule has 2 rings (SSSR count). The number of ether oxygens (including phenoxy) is 1. The molecular formula is C11H14FNO. The Morgan fingerprint density at radius 3 is 3.07 bits per heavy atom. The highest BCUT2D eigenvalue weighted by atomic mass is 19.1. The smallest absolute Gasteiger partial charge is 0.122 e. The van der Waals surface area contributed by atoms with E-state index in [2.05, 4.69) is 0 Å². The molecule has 0 aromatic heterocycles. The number of para-hydroxylation sites is 1. The predicted molar refractivity (Wildman–Crippen MR) is 53.1 cm³/mol. The van der Waals surface area contributed by atoms with Crippen LogP contribution in [0.4, 0.5) is 4.39 Å². The zero-order chi connectivity index (χ0) is 9.97. The van der Waals surface area contributed by atoms with Crippen LogP contribution in [0.5, 0.6) is 5.75 Å². The van der Waals surface area contributed by atoms with Crippen LogP contribution in [0.1, 0.15) is 5.56 Å². The number of hydrogen-bond donors (Lipinski definition) is 1. The summed E-state index contributed by atoms with van der Waals surface area (Å²) in [6.07, 6.45) is -0.225. The monoisotopic (exact) mass is 195 g/mol. The first-order chi connectivity index (χ1) is 6.81. The van der Waals surface area contributed by atoms with Gasteiger partial charge in [-0.1, -0.05) is 18.2 Å². The molecule has 0 radical (unpaired) electrons. The molecule has 2 atom stereocenters. The van der Waals surface area contributed by atoms with Crippen molar-refractivity contribution < 1.29 is 9.13 Å². The molecule has 0 bridgehead atoms. The van der Waals surface area contributed by atoms with Crippen molar-refractivity contribution in [1.29, 1.82) is 0 Å². The molecule has 0 amide bonds. The summed E-state index contributed by atoms with van der Waals surface area (Å²) in [5, 5.41) is 0. The Balaban J connectivity index is 2.13. The normalized spacial score (nSPS) is 22.3. The molecule has 1 aliphatic heterocycles. The largest absolute Gasteiger partial charge is 0.493 e. The lowest BCUT2D eigenvalue weighted by Gasteiger charge is -2.26. The van der Waals surface area contributed by atoms with Gasteiger partial charge in [-0.25, -0.2) is 4.39 Å². The molecule has 1 aromatic carbocycles. The first-order valence-electron chi connectivity index (χ1n) is 4.86. The van der Waals surface area contributed by atoms with Crippen molar-refractivity contribution in [3.63, 3.8) is 0 Å². The minimum atomic E-state index is -0.955. The quantitative estimate of drug-likeness (QED) is 0.776. The topological polar surface area (TPSA) is 35.2 Å². The molecule has 0 saturated heterocycles. The molecule has 0 saturated carbocycles. The molecule has 76 valence electrons. The maximum atomic E-state index is 13.3. The van der Waals surface area contributed by atoms with Crippen LogP contribution in [0.25, 0.3) is 0 Å². The summed E-state index contributed by atoms with van der Waals surface area (Å²) in [6.45, 7) is 0.519. The summed E-state index contributed by atoms with van der Waals surface area (Å²) in [4.78, 5) is 0. The first-order valence-corrected chi connectivity index (χ1v) is 4.86. The summed E-state index contributed by atoms with van der Waals surface area (Å²) in [7, 11) is 0. The van der Waals surface area contributed by atoms with Gasteiger partial charge >= 0.3 is 0 Å². The average molecular weight is 195 g/mol. The van der Waals surface area contributed by atoms with Gasteiger partial charge in [0, 0.05) is 12.5 Å². The van der Waals surface area contributed by atoms with E-state index >= 15 is 0 Å². The lowest BCUT2D eigenvalue weighted by molar-refractivity contribution is 0.139.